The summed E-state index contributed by atoms with van der Waals surface area (Å²) in [5.41, 5.74) is 7.44. The number of pyridine rings is 1. The second kappa shape index (κ2) is 8.67. The van der Waals surface area contributed by atoms with Crippen molar-refractivity contribution in [2.24, 2.45) is 0 Å². The molecule has 0 unspecified atom stereocenters. The van der Waals surface area contributed by atoms with Gasteiger partial charge in [-0.05, 0) is 61.9 Å². The molecule has 32 heavy (non-hydrogen) atoms. The number of para-hydroxylation sites is 1. The van der Waals surface area contributed by atoms with E-state index in [0.29, 0.717) is 0 Å². The summed E-state index contributed by atoms with van der Waals surface area (Å²) >= 11 is 0. The smallest absolute Gasteiger partial charge is 0.164 e. The van der Waals surface area contributed by atoms with Gasteiger partial charge in [-0.15, -0.1) is 0 Å². The summed E-state index contributed by atoms with van der Waals surface area (Å²) < 4.78 is 2.18. The Morgan fingerprint density at radius 3 is 2.19 bits per heavy atom. The summed E-state index contributed by atoms with van der Waals surface area (Å²) in [6, 6.07) is 31.6. The first-order valence-corrected chi connectivity index (χ1v) is 11.1. The summed E-state index contributed by atoms with van der Waals surface area (Å²) in [5.74, 6) is 0.896. The molecule has 2 heterocycles. The van der Waals surface area contributed by atoms with Gasteiger partial charge in [0, 0.05) is 36.1 Å². The Labute approximate surface area is 188 Å². The minimum Gasteiger partial charge on any atom is -0.372 e. The molecule has 0 amide bonds. The van der Waals surface area contributed by atoms with Gasteiger partial charge in [0.1, 0.15) is 11.3 Å². The summed E-state index contributed by atoms with van der Waals surface area (Å²) in [6.45, 7) is 6.34. The molecule has 0 saturated carbocycles. The van der Waals surface area contributed by atoms with Crippen LogP contribution >= 0.6 is 0 Å². The van der Waals surface area contributed by atoms with Gasteiger partial charge in [-0.3, -0.25) is 4.57 Å². The first kappa shape index (κ1) is 20.0. The molecule has 0 spiro atoms. The van der Waals surface area contributed by atoms with Gasteiger partial charge in [0.25, 0.3) is 0 Å². The molecule has 4 heteroatoms. The monoisotopic (exact) mass is 418 g/mol. The fourth-order valence-electron chi connectivity index (χ4n) is 4.27. The van der Waals surface area contributed by atoms with Crippen molar-refractivity contribution in [2.75, 3.05) is 18.0 Å². The zero-order valence-electron chi connectivity index (χ0n) is 18.4. The molecule has 158 valence electrons. The fraction of sp³-hybridized carbons (Fsp3) is 0.143. The van der Waals surface area contributed by atoms with E-state index in [1.165, 1.54) is 11.3 Å². The number of hydrogen-bond acceptors (Lipinski definition) is 3. The molecule has 0 aliphatic heterocycles. The van der Waals surface area contributed by atoms with Crippen LogP contribution < -0.4 is 4.90 Å². The van der Waals surface area contributed by atoms with Crippen molar-refractivity contribution in [1.82, 2.24) is 14.5 Å². The van der Waals surface area contributed by atoms with Gasteiger partial charge < -0.3 is 4.90 Å². The fourth-order valence-corrected chi connectivity index (χ4v) is 4.27. The minimum absolute atomic E-state index is 0.860. The van der Waals surface area contributed by atoms with E-state index in [0.717, 1.165) is 46.9 Å². The normalized spacial score (nSPS) is 11.1. The molecule has 0 fully saturated rings. The molecule has 5 rings (SSSR count). The Balaban J connectivity index is 1.72. The van der Waals surface area contributed by atoms with Crippen molar-refractivity contribution in [3.63, 3.8) is 0 Å². The molecule has 0 saturated heterocycles. The number of hydrogen-bond donors (Lipinski definition) is 0. The third-order valence-corrected chi connectivity index (χ3v) is 5.90. The molecule has 0 radical (unpaired) electrons. The van der Waals surface area contributed by atoms with Crippen LogP contribution in [0.4, 0.5) is 5.69 Å². The second-order valence-electron chi connectivity index (χ2n) is 7.72. The molecule has 0 aliphatic carbocycles. The largest absolute Gasteiger partial charge is 0.372 e. The van der Waals surface area contributed by atoms with E-state index in [1.807, 2.05) is 24.4 Å². The van der Waals surface area contributed by atoms with E-state index in [-0.39, 0.29) is 0 Å². The molecular weight excluding hydrogens is 392 g/mol. The van der Waals surface area contributed by atoms with Gasteiger partial charge in [0.2, 0.25) is 0 Å². The minimum atomic E-state index is 0.860. The first-order valence-electron chi connectivity index (χ1n) is 11.1. The van der Waals surface area contributed by atoms with Crippen LogP contribution in [0, 0.1) is 0 Å². The summed E-state index contributed by atoms with van der Waals surface area (Å²) in [6.07, 6.45) is 1.83. The van der Waals surface area contributed by atoms with Crippen LogP contribution in [-0.2, 0) is 0 Å². The molecule has 4 nitrogen and oxygen atoms in total. The highest BCUT2D eigenvalue weighted by molar-refractivity contribution is 5.84. The number of anilines is 1. The zero-order valence-corrected chi connectivity index (χ0v) is 18.4. The van der Waals surface area contributed by atoms with E-state index in [9.17, 15) is 0 Å². The van der Waals surface area contributed by atoms with Crippen molar-refractivity contribution in [3.05, 3.63) is 97.2 Å². The molecule has 0 aliphatic rings. The quantitative estimate of drug-likeness (QED) is 0.311. The Morgan fingerprint density at radius 2 is 1.44 bits per heavy atom. The number of aromatic nitrogens is 3. The molecular formula is C28H26N4. The lowest BCUT2D eigenvalue weighted by molar-refractivity contribution is 0.866. The molecule has 5 aromatic rings. The number of fused-ring (bicyclic) bond motifs is 1. The molecule has 2 aromatic heterocycles. The highest BCUT2D eigenvalue weighted by atomic mass is 15.1. The molecule has 3 aromatic carbocycles. The average molecular weight is 419 g/mol. The van der Waals surface area contributed by atoms with Gasteiger partial charge >= 0.3 is 0 Å². The van der Waals surface area contributed by atoms with Crippen molar-refractivity contribution in [1.29, 1.82) is 0 Å². The highest BCUT2D eigenvalue weighted by Gasteiger charge is 2.18. The maximum atomic E-state index is 5.00. The Hall–Kier alpha value is -3.92. The first-order chi connectivity index (χ1) is 15.8. The Bertz CT molecular complexity index is 1330. The van der Waals surface area contributed by atoms with Crippen molar-refractivity contribution in [3.8, 4) is 28.2 Å². The third-order valence-electron chi connectivity index (χ3n) is 5.90. The summed E-state index contributed by atoms with van der Waals surface area (Å²) in [7, 11) is 0. The van der Waals surface area contributed by atoms with E-state index >= 15 is 0 Å². The highest BCUT2D eigenvalue weighted by Crippen LogP contribution is 2.34. The lowest BCUT2D eigenvalue weighted by Gasteiger charge is -2.21. The predicted molar refractivity (Wildman–Crippen MR) is 133 cm³/mol. The van der Waals surface area contributed by atoms with Crippen LogP contribution in [-0.4, -0.2) is 27.6 Å². The van der Waals surface area contributed by atoms with E-state index in [4.69, 9.17) is 9.97 Å². The van der Waals surface area contributed by atoms with Crippen LogP contribution in [0.2, 0.25) is 0 Å². The SMILES string of the molecule is CCN(CC)c1ccc(-c2nc3cccnc3n2-c2ccccc2-c2ccccc2)cc1. The topological polar surface area (TPSA) is 34.0 Å². The lowest BCUT2D eigenvalue weighted by Crippen LogP contribution is -2.21. The maximum Gasteiger partial charge on any atom is 0.164 e. The van der Waals surface area contributed by atoms with Gasteiger partial charge in [-0.1, -0.05) is 48.5 Å². The van der Waals surface area contributed by atoms with E-state index in [1.54, 1.807) is 0 Å². The van der Waals surface area contributed by atoms with Gasteiger partial charge in [-0.2, -0.15) is 0 Å². The molecule has 0 bridgehead atoms. The van der Waals surface area contributed by atoms with Crippen molar-refractivity contribution < 1.29 is 0 Å². The average Bonchev–Trinajstić information content (AvgIpc) is 3.25. The van der Waals surface area contributed by atoms with Gasteiger partial charge in [0.05, 0.1) is 5.69 Å². The van der Waals surface area contributed by atoms with Crippen LogP contribution in [0.25, 0.3) is 39.4 Å². The van der Waals surface area contributed by atoms with Crippen LogP contribution in [0.15, 0.2) is 97.2 Å². The van der Waals surface area contributed by atoms with E-state index in [2.05, 4.69) is 96.1 Å². The standard InChI is InChI=1S/C28H26N4/c1-3-31(4-2)23-18-16-22(17-19-23)27-30-25-14-10-20-29-28(25)32(27)26-15-9-8-13-24(26)21-11-6-5-7-12-21/h5-20H,3-4H2,1-2H3. The number of benzene rings is 3. The van der Waals surface area contributed by atoms with Crippen molar-refractivity contribution in [2.45, 2.75) is 13.8 Å². The molecule has 0 atom stereocenters. The zero-order chi connectivity index (χ0) is 21.9. The van der Waals surface area contributed by atoms with Crippen molar-refractivity contribution >= 4 is 16.9 Å². The van der Waals surface area contributed by atoms with Crippen LogP contribution in [0.5, 0.6) is 0 Å². The lowest BCUT2D eigenvalue weighted by atomic mass is 10.0. The third kappa shape index (κ3) is 3.54. The van der Waals surface area contributed by atoms with Crippen LogP contribution in [0.3, 0.4) is 0 Å². The van der Waals surface area contributed by atoms with E-state index < -0.39 is 0 Å². The van der Waals surface area contributed by atoms with Gasteiger partial charge in [0.15, 0.2) is 5.65 Å². The number of rotatable bonds is 6. The summed E-state index contributed by atoms with van der Waals surface area (Å²) in [4.78, 5) is 12.0. The predicted octanol–water partition coefficient (Wildman–Crippen LogP) is 6.60. The number of imidazole rings is 1. The second-order valence-corrected chi connectivity index (χ2v) is 7.72. The van der Waals surface area contributed by atoms with Crippen LogP contribution in [0.1, 0.15) is 13.8 Å². The maximum absolute atomic E-state index is 5.00. The molecule has 0 N–H and O–H groups in total. The Morgan fingerprint density at radius 1 is 0.719 bits per heavy atom. The summed E-state index contributed by atoms with van der Waals surface area (Å²) in [5, 5.41) is 0. The number of nitrogens with zero attached hydrogens (tertiary/aromatic N) is 4. The van der Waals surface area contributed by atoms with Gasteiger partial charge in [-0.25, -0.2) is 9.97 Å². The Kier molecular flexibility index (Phi) is 5.42.